The SMILES string of the molecule is CCN(Cc1nc(-c2ccc(Oc3ccccc3)nc2)no1)c1ccccc1. The maximum atomic E-state index is 5.71. The van der Waals surface area contributed by atoms with Crippen molar-refractivity contribution >= 4 is 5.69 Å². The van der Waals surface area contributed by atoms with Gasteiger partial charge >= 0.3 is 0 Å². The molecule has 140 valence electrons. The van der Waals surface area contributed by atoms with Crippen molar-refractivity contribution in [2.24, 2.45) is 0 Å². The van der Waals surface area contributed by atoms with Crippen LogP contribution in [0.4, 0.5) is 5.69 Å². The third kappa shape index (κ3) is 4.17. The Balaban J connectivity index is 1.45. The van der Waals surface area contributed by atoms with Gasteiger partial charge in [0.05, 0.1) is 6.54 Å². The van der Waals surface area contributed by atoms with Gasteiger partial charge in [0.2, 0.25) is 17.6 Å². The lowest BCUT2D eigenvalue weighted by atomic mass is 10.2. The van der Waals surface area contributed by atoms with Crippen LogP contribution in [0.2, 0.25) is 0 Å². The van der Waals surface area contributed by atoms with Crippen LogP contribution in [0.1, 0.15) is 12.8 Å². The summed E-state index contributed by atoms with van der Waals surface area (Å²) in [5.41, 5.74) is 1.90. The van der Waals surface area contributed by atoms with E-state index >= 15 is 0 Å². The fraction of sp³-hybridized carbons (Fsp3) is 0.136. The number of ether oxygens (including phenoxy) is 1. The van der Waals surface area contributed by atoms with Crippen molar-refractivity contribution in [3.63, 3.8) is 0 Å². The van der Waals surface area contributed by atoms with Crippen LogP contribution in [0.3, 0.4) is 0 Å². The molecule has 0 atom stereocenters. The lowest BCUT2D eigenvalue weighted by Gasteiger charge is -2.20. The minimum absolute atomic E-state index is 0.512. The van der Waals surface area contributed by atoms with Gasteiger partial charge in [-0.05, 0) is 37.3 Å². The van der Waals surface area contributed by atoms with Gasteiger partial charge in [-0.2, -0.15) is 4.98 Å². The highest BCUT2D eigenvalue weighted by molar-refractivity contribution is 5.53. The van der Waals surface area contributed by atoms with E-state index in [1.807, 2.05) is 54.6 Å². The number of anilines is 1. The van der Waals surface area contributed by atoms with Crippen molar-refractivity contribution in [3.05, 3.63) is 84.9 Å². The molecule has 0 saturated heterocycles. The number of benzene rings is 2. The third-order valence-electron chi connectivity index (χ3n) is 4.26. The number of nitrogens with zero attached hydrogens (tertiary/aromatic N) is 4. The second-order valence-corrected chi connectivity index (χ2v) is 6.16. The summed E-state index contributed by atoms with van der Waals surface area (Å²) >= 11 is 0. The minimum atomic E-state index is 0.512. The van der Waals surface area contributed by atoms with E-state index in [9.17, 15) is 0 Å². The molecule has 0 amide bonds. The van der Waals surface area contributed by atoms with Gasteiger partial charge < -0.3 is 14.2 Å². The lowest BCUT2D eigenvalue weighted by Crippen LogP contribution is -2.22. The minimum Gasteiger partial charge on any atom is -0.439 e. The molecule has 6 nitrogen and oxygen atoms in total. The molecule has 0 aliphatic rings. The topological polar surface area (TPSA) is 64.3 Å². The van der Waals surface area contributed by atoms with Crippen LogP contribution in [0.15, 0.2) is 83.5 Å². The molecule has 0 aliphatic heterocycles. The Labute approximate surface area is 163 Å². The van der Waals surface area contributed by atoms with E-state index in [4.69, 9.17) is 9.26 Å². The fourth-order valence-corrected chi connectivity index (χ4v) is 2.81. The summed E-state index contributed by atoms with van der Waals surface area (Å²) < 4.78 is 11.1. The van der Waals surface area contributed by atoms with Gasteiger partial charge in [-0.1, -0.05) is 41.6 Å². The fourth-order valence-electron chi connectivity index (χ4n) is 2.81. The Kier molecular flexibility index (Phi) is 5.29. The molecule has 4 rings (SSSR count). The number of pyridine rings is 1. The molecule has 0 aliphatic carbocycles. The maximum absolute atomic E-state index is 5.71. The summed E-state index contributed by atoms with van der Waals surface area (Å²) in [5.74, 6) is 2.33. The molecule has 0 N–H and O–H groups in total. The highest BCUT2D eigenvalue weighted by atomic mass is 16.5. The monoisotopic (exact) mass is 372 g/mol. The van der Waals surface area contributed by atoms with Crippen molar-refractivity contribution in [3.8, 4) is 23.0 Å². The summed E-state index contributed by atoms with van der Waals surface area (Å²) in [6.45, 7) is 3.49. The van der Waals surface area contributed by atoms with E-state index in [0.29, 0.717) is 24.1 Å². The van der Waals surface area contributed by atoms with Crippen molar-refractivity contribution in [2.75, 3.05) is 11.4 Å². The summed E-state index contributed by atoms with van der Waals surface area (Å²) in [4.78, 5) is 11.0. The molecule has 6 heteroatoms. The highest BCUT2D eigenvalue weighted by Gasteiger charge is 2.13. The first kappa shape index (κ1) is 17.7. The van der Waals surface area contributed by atoms with Gasteiger partial charge in [-0.3, -0.25) is 0 Å². The first-order valence-electron chi connectivity index (χ1n) is 9.14. The molecule has 2 aromatic heterocycles. The summed E-state index contributed by atoms with van der Waals surface area (Å²) in [6, 6.07) is 23.4. The van der Waals surface area contributed by atoms with Crippen LogP contribution in [0, 0.1) is 0 Å². The van der Waals surface area contributed by atoms with E-state index in [1.54, 1.807) is 12.3 Å². The van der Waals surface area contributed by atoms with Crippen LogP contribution in [0.5, 0.6) is 11.6 Å². The van der Waals surface area contributed by atoms with Gasteiger partial charge in [0.25, 0.3) is 0 Å². The van der Waals surface area contributed by atoms with Gasteiger partial charge in [0, 0.05) is 30.1 Å². The van der Waals surface area contributed by atoms with E-state index < -0.39 is 0 Å². The Morgan fingerprint density at radius 1 is 0.929 bits per heavy atom. The maximum Gasteiger partial charge on any atom is 0.246 e. The van der Waals surface area contributed by atoms with E-state index in [0.717, 1.165) is 23.5 Å². The Bertz CT molecular complexity index is 1000. The predicted octanol–water partition coefficient (Wildman–Crippen LogP) is 4.95. The van der Waals surface area contributed by atoms with Crippen molar-refractivity contribution in [2.45, 2.75) is 13.5 Å². The van der Waals surface area contributed by atoms with Crippen molar-refractivity contribution in [1.82, 2.24) is 15.1 Å². The van der Waals surface area contributed by atoms with Crippen molar-refractivity contribution in [1.29, 1.82) is 0 Å². The van der Waals surface area contributed by atoms with Gasteiger partial charge in [0.15, 0.2) is 0 Å². The molecule has 0 unspecified atom stereocenters. The summed E-state index contributed by atoms with van der Waals surface area (Å²) in [5, 5.41) is 4.09. The molecule has 0 bridgehead atoms. The van der Waals surface area contributed by atoms with Crippen molar-refractivity contribution < 1.29 is 9.26 Å². The normalized spacial score (nSPS) is 10.6. The molecule has 28 heavy (non-hydrogen) atoms. The second-order valence-electron chi connectivity index (χ2n) is 6.16. The zero-order chi connectivity index (χ0) is 19.2. The molecular weight excluding hydrogens is 352 g/mol. The molecule has 0 spiro atoms. The largest absolute Gasteiger partial charge is 0.439 e. The van der Waals surface area contributed by atoms with Gasteiger partial charge in [-0.25, -0.2) is 4.98 Å². The van der Waals surface area contributed by atoms with Crippen LogP contribution >= 0.6 is 0 Å². The van der Waals surface area contributed by atoms with Crippen LogP contribution in [-0.4, -0.2) is 21.7 Å². The molecule has 0 fully saturated rings. The average Bonchev–Trinajstić information content (AvgIpc) is 3.22. The molecule has 0 saturated carbocycles. The average molecular weight is 372 g/mol. The first-order valence-corrected chi connectivity index (χ1v) is 9.14. The molecular formula is C22H20N4O2. The van der Waals surface area contributed by atoms with E-state index in [-0.39, 0.29) is 0 Å². The quantitative estimate of drug-likeness (QED) is 0.457. The van der Waals surface area contributed by atoms with Crippen LogP contribution < -0.4 is 9.64 Å². The number of hydrogen-bond donors (Lipinski definition) is 0. The Morgan fingerprint density at radius 3 is 2.36 bits per heavy atom. The number of para-hydroxylation sites is 2. The summed E-state index contributed by atoms with van der Waals surface area (Å²) in [7, 11) is 0. The second kappa shape index (κ2) is 8.35. The zero-order valence-corrected chi connectivity index (χ0v) is 15.5. The van der Waals surface area contributed by atoms with Crippen LogP contribution in [0.25, 0.3) is 11.4 Å². The molecule has 4 aromatic rings. The lowest BCUT2D eigenvalue weighted by molar-refractivity contribution is 0.377. The highest BCUT2D eigenvalue weighted by Crippen LogP contribution is 2.22. The van der Waals surface area contributed by atoms with Gasteiger partial charge in [-0.15, -0.1) is 0 Å². The molecule has 2 aromatic carbocycles. The zero-order valence-electron chi connectivity index (χ0n) is 15.5. The molecule has 2 heterocycles. The molecule has 0 radical (unpaired) electrons. The smallest absolute Gasteiger partial charge is 0.246 e. The van der Waals surface area contributed by atoms with E-state index in [2.05, 4.69) is 39.1 Å². The summed E-state index contributed by atoms with van der Waals surface area (Å²) in [6.07, 6.45) is 1.68. The van der Waals surface area contributed by atoms with E-state index in [1.165, 1.54) is 0 Å². The number of rotatable bonds is 7. The Morgan fingerprint density at radius 2 is 1.68 bits per heavy atom. The number of aromatic nitrogens is 3. The number of hydrogen-bond acceptors (Lipinski definition) is 6. The Hall–Kier alpha value is -3.67. The predicted molar refractivity (Wildman–Crippen MR) is 107 cm³/mol. The van der Waals surface area contributed by atoms with Crippen LogP contribution in [-0.2, 0) is 6.54 Å². The first-order chi connectivity index (χ1) is 13.8. The van der Waals surface area contributed by atoms with Gasteiger partial charge in [0.1, 0.15) is 5.75 Å². The third-order valence-corrected chi connectivity index (χ3v) is 4.26. The standard InChI is InChI=1S/C22H20N4O2/c1-2-26(18-9-5-3-6-10-18)16-21-24-22(25-28-21)17-13-14-20(23-15-17)27-19-11-7-4-8-12-19/h3-15H,2,16H2,1H3.